The van der Waals surface area contributed by atoms with Crippen molar-refractivity contribution in [2.24, 2.45) is 5.73 Å². The van der Waals surface area contributed by atoms with Gasteiger partial charge in [-0.2, -0.15) is 0 Å². The summed E-state index contributed by atoms with van der Waals surface area (Å²) in [4.78, 5) is 5.24. The van der Waals surface area contributed by atoms with E-state index in [9.17, 15) is 8.42 Å². The molecule has 2 aromatic rings. The predicted molar refractivity (Wildman–Crippen MR) is 73.2 cm³/mol. The Labute approximate surface area is 114 Å². The lowest BCUT2D eigenvalue weighted by Gasteiger charge is -2.03. The molecule has 0 spiro atoms. The molecular weight excluding hydrogens is 290 g/mol. The highest BCUT2D eigenvalue weighted by Gasteiger charge is 2.15. The molecule has 0 bridgehead atoms. The van der Waals surface area contributed by atoms with Gasteiger partial charge in [-0.05, 0) is 6.07 Å². The Bertz CT molecular complexity index is 590. The van der Waals surface area contributed by atoms with Crippen molar-refractivity contribution >= 4 is 32.7 Å². The summed E-state index contributed by atoms with van der Waals surface area (Å²) in [7, 11) is -3.42. The van der Waals surface area contributed by atoms with Gasteiger partial charge in [0, 0.05) is 41.3 Å². The van der Waals surface area contributed by atoms with E-state index in [1.807, 2.05) is 5.38 Å². The highest BCUT2D eigenvalue weighted by atomic mass is 32.2. The summed E-state index contributed by atoms with van der Waals surface area (Å²) in [6, 6.07) is 1.61. The standard InChI is InChI=1S/C10H13N3O2S3/c11-6-8-5-9(7-17-8)18(14,15)13-2-1-10-12-3-4-16-10/h3-5,7,13H,1-2,6,11H2. The van der Waals surface area contributed by atoms with Crippen LogP contribution in [0.25, 0.3) is 0 Å². The Hall–Kier alpha value is -0.800. The van der Waals surface area contributed by atoms with Gasteiger partial charge < -0.3 is 5.73 Å². The van der Waals surface area contributed by atoms with Crippen LogP contribution in [0.1, 0.15) is 9.88 Å². The van der Waals surface area contributed by atoms with Gasteiger partial charge in [-0.25, -0.2) is 18.1 Å². The quantitative estimate of drug-likeness (QED) is 0.839. The molecule has 2 heterocycles. The van der Waals surface area contributed by atoms with Gasteiger partial charge in [0.15, 0.2) is 0 Å². The topological polar surface area (TPSA) is 85.1 Å². The Morgan fingerprint density at radius 1 is 1.39 bits per heavy atom. The van der Waals surface area contributed by atoms with Crippen molar-refractivity contribution in [1.82, 2.24) is 9.71 Å². The van der Waals surface area contributed by atoms with Crippen LogP contribution in [-0.4, -0.2) is 19.9 Å². The van der Waals surface area contributed by atoms with Crippen molar-refractivity contribution in [3.63, 3.8) is 0 Å². The number of nitrogens with one attached hydrogen (secondary N) is 1. The second-order valence-corrected chi connectivity index (χ2v) is 7.27. The third kappa shape index (κ3) is 3.36. The maximum Gasteiger partial charge on any atom is 0.241 e. The Kier molecular flexibility index (Phi) is 4.46. The van der Waals surface area contributed by atoms with Crippen molar-refractivity contribution in [2.75, 3.05) is 6.54 Å². The second kappa shape index (κ2) is 5.89. The molecule has 0 atom stereocenters. The smallest absolute Gasteiger partial charge is 0.241 e. The third-order valence-electron chi connectivity index (χ3n) is 2.26. The van der Waals surface area contributed by atoms with Crippen LogP contribution in [0, 0.1) is 0 Å². The van der Waals surface area contributed by atoms with Gasteiger partial charge in [0.2, 0.25) is 10.0 Å². The van der Waals surface area contributed by atoms with Crippen molar-refractivity contribution in [3.8, 4) is 0 Å². The van der Waals surface area contributed by atoms with Crippen LogP contribution in [0.4, 0.5) is 0 Å². The van der Waals surface area contributed by atoms with Crippen LogP contribution in [-0.2, 0) is 23.0 Å². The van der Waals surface area contributed by atoms with Gasteiger partial charge in [-0.3, -0.25) is 0 Å². The van der Waals surface area contributed by atoms with E-state index in [0.29, 0.717) is 19.5 Å². The number of aromatic nitrogens is 1. The van der Waals surface area contributed by atoms with E-state index in [2.05, 4.69) is 9.71 Å². The molecule has 0 fully saturated rings. The first-order valence-corrected chi connectivity index (χ1v) is 8.51. The first-order valence-electron chi connectivity index (χ1n) is 5.27. The largest absolute Gasteiger partial charge is 0.326 e. The summed E-state index contributed by atoms with van der Waals surface area (Å²) < 4.78 is 26.4. The zero-order valence-electron chi connectivity index (χ0n) is 9.50. The molecule has 0 aliphatic carbocycles. The molecule has 0 aliphatic heterocycles. The number of thiazole rings is 1. The van der Waals surface area contributed by atoms with Crippen molar-refractivity contribution in [2.45, 2.75) is 17.9 Å². The number of nitrogens with zero attached hydrogens (tertiary/aromatic N) is 1. The summed E-state index contributed by atoms with van der Waals surface area (Å²) in [6.07, 6.45) is 2.31. The number of thiophene rings is 1. The SMILES string of the molecule is NCc1cc(S(=O)(=O)NCCc2nccs2)cs1. The number of sulfonamides is 1. The third-order valence-corrected chi connectivity index (χ3v) is 5.64. The first kappa shape index (κ1) is 13.6. The highest BCUT2D eigenvalue weighted by molar-refractivity contribution is 7.89. The minimum atomic E-state index is -3.42. The molecule has 98 valence electrons. The normalized spacial score (nSPS) is 11.8. The van der Waals surface area contributed by atoms with E-state index in [4.69, 9.17) is 5.73 Å². The van der Waals surface area contributed by atoms with E-state index >= 15 is 0 Å². The molecule has 0 saturated heterocycles. The zero-order chi connectivity index (χ0) is 13.0. The average Bonchev–Trinajstić information content (AvgIpc) is 2.99. The molecule has 0 saturated carbocycles. The molecule has 0 radical (unpaired) electrons. The van der Waals surface area contributed by atoms with Crippen LogP contribution >= 0.6 is 22.7 Å². The molecule has 0 amide bonds. The van der Waals surface area contributed by atoms with E-state index < -0.39 is 10.0 Å². The van der Waals surface area contributed by atoms with Gasteiger partial charge in [0.05, 0.1) is 9.90 Å². The molecule has 8 heteroatoms. The van der Waals surface area contributed by atoms with Crippen LogP contribution in [0.5, 0.6) is 0 Å². The van der Waals surface area contributed by atoms with Gasteiger partial charge in [0.1, 0.15) is 0 Å². The fraction of sp³-hybridized carbons (Fsp3) is 0.300. The maximum absolute atomic E-state index is 11.9. The summed E-state index contributed by atoms with van der Waals surface area (Å²) in [5.41, 5.74) is 5.46. The number of hydrogen-bond acceptors (Lipinski definition) is 6. The van der Waals surface area contributed by atoms with E-state index in [0.717, 1.165) is 9.88 Å². The lowest BCUT2D eigenvalue weighted by atomic mass is 10.5. The molecule has 18 heavy (non-hydrogen) atoms. The second-order valence-electron chi connectivity index (χ2n) is 3.53. The van der Waals surface area contributed by atoms with E-state index in [-0.39, 0.29) is 4.90 Å². The van der Waals surface area contributed by atoms with Crippen molar-refractivity contribution < 1.29 is 8.42 Å². The molecule has 2 rings (SSSR count). The fourth-order valence-electron chi connectivity index (χ4n) is 1.36. The van der Waals surface area contributed by atoms with Crippen LogP contribution in [0.2, 0.25) is 0 Å². The average molecular weight is 303 g/mol. The molecule has 0 aliphatic rings. The zero-order valence-corrected chi connectivity index (χ0v) is 11.9. The summed E-state index contributed by atoms with van der Waals surface area (Å²) in [5.74, 6) is 0. The minimum Gasteiger partial charge on any atom is -0.326 e. The summed E-state index contributed by atoms with van der Waals surface area (Å²) >= 11 is 2.87. The summed E-state index contributed by atoms with van der Waals surface area (Å²) in [6.45, 7) is 0.711. The Morgan fingerprint density at radius 2 is 2.22 bits per heavy atom. The van der Waals surface area contributed by atoms with Crippen LogP contribution < -0.4 is 10.5 Å². The van der Waals surface area contributed by atoms with Gasteiger partial charge in [-0.15, -0.1) is 22.7 Å². The minimum absolute atomic E-state index is 0.284. The highest BCUT2D eigenvalue weighted by Crippen LogP contribution is 2.18. The number of nitrogens with two attached hydrogens (primary N) is 1. The monoisotopic (exact) mass is 303 g/mol. The van der Waals surface area contributed by atoms with Gasteiger partial charge in [-0.1, -0.05) is 0 Å². The van der Waals surface area contributed by atoms with Crippen molar-refractivity contribution in [3.05, 3.63) is 32.9 Å². The molecule has 5 nitrogen and oxygen atoms in total. The molecule has 3 N–H and O–H groups in total. The first-order chi connectivity index (χ1) is 8.62. The van der Waals surface area contributed by atoms with Gasteiger partial charge in [0.25, 0.3) is 0 Å². The summed E-state index contributed by atoms with van der Waals surface area (Å²) in [5, 5.41) is 4.40. The van der Waals surface area contributed by atoms with Crippen molar-refractivity contribution in [1.29, 1.82) is 0 Å². The number of hydrogen-bond donors (Lipinski definition) is 2. The van der Waals surface area contributed by atoms with Crippen LogP contribution in [0.15, 0.2) is 27.9 Å². The molecular formula is C10H13N3O2S3. The van der Waals surface area contributed by atoms with E-state index in [1.54, 1.807) is 17.6 Å². The number of rotatable bonds is 6. The predicted octanol–water partition coefficient (Wildman–Crippen LogP) is 1.18. The van der Waals surface area contributed by atoms with E-state index in [1.165, 1.54) is 22.7 Å². The fourth-order valence-corrected chi connectivity index (χ4v) is 4.17. The lowest BCUT2D eigenvalue weighted by Crippen LogP contribution is -2.25. The molecule has 2 aromatic heterocycles. The lowest BCUT2D eigenvalue weighted by molar-refractivity contribution is 0.582. The Balaban J connectivity index is 1.95. The van der Waals surface area contributed by atoms with Crippen LogP contribution in [0.3, 0.4) is 0 Å². The maximum atomic E-state index is 11.9. The Morgan fingerprint density at radius 3 is 2.83 bits per heavy atom. The molecule has 0 aromatic carbocycles. The van der Waals surface area contributed by atoms with Gasteiger partial charge >= 0.3 is 0 Å². The molecule has 0 unspecified atom stereocenters.